The summed E-state index contributed by atoms with van der Waals surface area (Å²) >= 11 is 0. The van der Waals surface area contributed by atoms with Crippen LogP contribution in [-0.2, 0) is 4.74 Å². The van der Waals surface area contributed by atoms with Gasteiger partial charge in [0.25, 0.3) is 0 Å². The molecule has 1 aliphatic heterocycles. The first kappa shape index (κ1) is 15.1. The first-order chi connectivity index (χ1) is 9.74. The van der Waals surface area contributed by atoms with Gasteiger partial charge in [-0.2, -0.15) is 0 Å². The van der Waals surface area contributed by atoms with Crippen molar-refractivity contribution in [3.8, 4) is 11.5 Å². The Labute approximate surface area is 120 Å². The number of hydrogen-bond donors (Lipinski definition) is 2. The second-order valence-electron chi connectivity index (χ2n) is 5.27. The molecule has 0 saturated carbocycles. The fourth-order valence-electron chi connectivity index (χ4n) is 2.45. The van der Waals surface area contributed by atoms with E-state index in [-0.39, 0.29) is 6.04 Å². The number of nitrogens with one attached hydrogen (secondary N) is 1. The van der Waals surface area contributed by atoms with Crippen LogP contribution in [0.3, 0.4) is 0 Å². The fourth-order valence-corrected chi connectivity index (χ4v) is 2.45. The van der Waals surface area contributed by atoms with Crippen LogP contribution < -0.4 is 20.7 Å². The van der Waals surface area contributed by atoms with Crippen LogP contribution in [0.4, 0.5) is 0 Å². The number of nitrogens with two attached hydrogens (primary N) is 1. The van der Waals surface area contributed by atoms with Gasteiger partial charge in [0.05, 0.1) is 13.2 Å². The van der Waals surface area contributed by atoms with E-state index in [1.54, 1.807) is 7.11 Å². The number of hydrazine groups is 1. The van der Waals surface area contributed by atoms with E-state index in [9.17, 15) is 0 Å². The SMILES string of the molecule is COCC(C)CC(NN)c1ccc2c(c1)OCCCO2. The van der Waals surface area contributed by atoms with Crippen molar-refractivity contribution in [3.05, 3.63) is 23.8 Å². The van der Waals surface area contributed by atoms with Gasteiger partial charge < -0.3 is 14.2 Å². The zero-order chi connectivity index (χ0) is 14.4. The third-order valence-electron chi connectivity index (χ3n) is 3.46. The van der Waals surface area contributed by atoms with E-state index in [1.165, 1.54) is 0 Å². The largest absolute Gasteiger partial charge is 0.490 e. The third kappa shape index (κ3) is 3.85. The van der Waals surface area contributed by atoms with Crippen molar-refractivity contribution in [1.82, 2.24) is 5.43 Å². The van der Waals surface area contributed by atoms with Gasteiger partial charge in [0.2, 0.25) is 0 Å². The number of hydrogen-bond acceptors (Lipinski definition) is 5. The second kappa shape index (κ2) is 7.47. The van der Waals surface area contributed by atoms with Crippen molar-refractivity contribution in [3.63, 3.8) is 0 Å². The molecule has 3 N–H and O–H groups in total. The van der Waals surface area contributed by atoms with Crippen LogP contribution in [0.5, 0.6) is 11.5 Å². The summed E-state index contributed by atoms with van der Waals surface area (Å²) < 4.78 is 16.5. The Morgan fingerprint density at radius 1 is 1.30 bits per heavy atom. The van der Waals surface area contributed by atoms with Crippen LogP contribution >= 0.6 is 0 Å². The summed E-state index contributed by atoms with van der Waals surface area (Å²) in [5, 5.41) is 0. The maximum atomic E-state index is 5.72. The van der Waals surface area contributed by atoms with Crippen LogP contribution in [0.15, 0.2) is 18.2 Å². The number of benzene rings is 1. The van der Waals surface area contributed by atoms with Gasteiger partial charge in [-0.3, -0.25) is 11.3 Å². The molecule has 1 aromatic carbocycles. The second-order valence-corrected chi connectivity index (χ2v) is 5.27. The molecule has 2 unspecified atom stereocenters. The van der Waals surface area contributed by atoms with E-state index >= 15 is 0 Å². The summed E-state index contributed by atoms with van der Waals surface area (Å²) in [6, 6.07) is 6.10. The van der Waals surface area contributed by atoms with Crippen molar-refractivity contribution in [2.24, 2.45) is 11.8 Å². The predicted octanol–water partition coefficient (Wildman–Crippen LogP) is 2.02. The van der Waals surface area contributed by atoms with Crippen molar-refractivity contribution in [1.29, 1.82) is 0 Å². The predicted molar refractivity (Wildman–Crippen MR) is 77.8 cm³/mol. The average Bonchev–Trinajstić information content (AvgIpc) is 2.69. The minimum absolute atomic E-state index is 0.0808. The molecule has 0 radical (unpaired) electrons. The molecular weight excluding hydrogens is 256 g/mol. The Bertz CT molecular complexity index is 426. The molecule has 0 bridgehead atoms. The molecule has 2 atom stereocenters. The third-order valence-corrected chi connectivity index (χ3v) is 3.46. The van der Waals surface area contributed by atoms with E-state index in [0.29, 0.717) is 19.1 Å². The smallest absolute Gasteiger partial charge is 0.161 e. The molecule has 5 heteroatoms. The number of fused-ring (bicyclic) bond motifs is 1. The van der Waals surface area contributed by atoms with Gasteiger partial charge in [-0.25, -0.2) is 0 Å². The summed E-state index contributed by atoms with van der Waals surface area (Å²) in [7, 11) is 1.72. The molecule has 0 aliphatic carbocycles. The summed E-state index contributed by atoms with van der Waals surface area (Å²) in [5.74, 6) is 7.74. The first-order valence-corrected chi connectivity index (χ1v) is 7.09. The zero-order valence-electron chi connectivity index (χ0n) is 12.2. The molecule has 0 saturated heterocycles. The molecule has 0 amide bonds. The van der Waals surface area contributed by atoms with Crippen molar-refractivity contribution >= 4 is 0 Å². The Morgan fingerprint density at radius 3 is 2.75 bits per heavy atom. The van der Waals surface area contributed by atoms with Crippen LogP contribution in [0.1, 0.15) is 31.4 Å². The van der Waals surface area contributed by atoms with Gasteiger partial charge in [-0.05, 0) is 30.0 Å². The lowest BCUT2D eigenvalue weighted by atomic mass is 9.96. The monoisotopic (exact) mass is 280 g/mol. The normalized spacial score (nSPS) is 17.4. The highest BCUT2D eigenvalue weighted by atomic mass is 16.5. The lowest BCUT2D eigenvalue weighted by Gasteiger charge is -2.21. The van der Waals surface area contributed by atoms with Crippen LogP contribution in [0.2, 0.25) is 0 Å². The lowest BCUT2D eigenvalue weighted by Crippen LogP contribution is -2.30. The molecule has 1 heterocycles. The molecule has 2 rings (SSSR count). The maximum Gasteiger partial charge on any atom is 0.161 e. The fraction of sp³-hybridized carbons (Fsp3) is 0.600. The van der Waals surface area contributed by atoms with E-state index in [0.717, 1.165) is 36.5 Å². The van der Waals surface area contributed by atoms with Crippen molar-refractivity contribution in [2.45, 2.75) is 25.8 Å². The van der Waals surface area contributed by atoms with E-state index < -0.39 is 0 Å². The number of rotatable bonds is 6. The topological polar surface area (TPSA) is 65.7 Å². The molecule has 1 aromatic rings. The first-order valence-electron chi connectivity index (χ1n) is 7.09. The highest BCUT2D eigenvalue weighted by Gasteiger charge is 2.17. The molecule has 5 nitrogen and oxygen atoms in total. The van der Waals surface area contributed by atoms with E-state index in [4.69, 9.17) is 20.1 Å². The summed E-state index contributed by atoms with van der Waals surface area (Å²) in [6.07, 6.45) is 1.82. The number of methoxy groups -OCH3 is 1. The zero-order valence-corrected chi connectivity index (χ0v) is 12.2. The van der Waals surface area contributed by atoms with Gasteiger partial charge in [0.15, 0.2) is 11.5 Å². The Hall–Kier alpha value is -1.30. The molecule has 112 valence electrons. The molecular formula is C15H24N2O3. The average molecular weight is 280 g/mol. The van der Waals surface area contributed by atoms with Crippen molar-refractivity contribution in [2.75, 3.05) is 26.9 Å². The van der Waals surface area contributed by atoms with E-state index in [1.807, 2.05) is 18.2 Å². The Morgan fingerprint density at radius 2 is 2.05 bits per heavy atom. The molecule has 20 heavy (non-hydrogen) atoms. The van der Waals surface area contributed by atoms with Gasteiger partial charge in [0, 0.05) is 26.2 Å². The van der Waals surface area contributed by atoms with Gasteiger partial charge in [-0.1, -0.05) is 13.0 Å². The molecule has 0 spiro atoms. The van der Waals surface area contributed by atoms with Gasteiger partial charge in [-0.15, -0.1) is 0 Å². The van der Waals surface area contributed by atoms with Crippen molar-refractivity contribution < 1.29 is 14.2 Å². The van der Waals surface area contributed by atoms with E-state index in [2.05, 4.69) is 12.3 Å². The molecule has 1 aliphatic rings. The minimum Gasteiger partial charge on any atom is -0.490 e. The molecule has 0 aromatic heterocycles. The lowest BCUT2D eigenvalue weighted by molar-refractivity contribution is 0.149. The Balaban J connectivity index is 2.11. The Kier molecular flexibility index (Phi) is 5.64. The summed E-state index contributed by atoms with van der Waals surface area (Å²) in [4.78, 5) is 0. The quantitative estimate of drug-likeness (QED) is 0.616. The summed E-state index contributed by atoms with van der Waals surface area (Å²) in [5.41, 5.74) is 3.99. The molecule has 0 fully saturated rings. The number of ether oxygens (including phenoxy) is 3. The van der Waals surface area contributed by atoms with Crippen LogP contribution in [-0.4, -0.2) is 26.9 Å². The maximum absolute atomic E-state index is 5.72. The van der Waals surface area contributed by atoms with Gasteiger partial charge >= 0.3 is 0 Å². The van der Waals surface area contributed by atoms with Crippen LogP contribution in [0.25, 0.3) is 0 Å². The standard InChI is InChI=1S/C15H24N2O3/c1-11(10-18-2)8-13(17-16)12-4-5-14-15(9-12)20-7-3-6-19-14/h4-5,9,11,13,17H,3,6-8,10,16H2,1-2H3. The summed E-state index contributed by atoms with van der Waals surface area (Å²) in [6.45, 7) is 4.27. The highest BCUT2D eigenvalue weighted by Crippen LogP contribution is 2.33. The van der Waals surface area contributed by atoms with Gasteiger partial charge in [0.1, 0.15) is 0 Å². The van der Waals surface area contributed by atoms with Crippen LogP contribution in [0, 0.1) is 5.92 Å². The minimum atomic E-state index is 0.0808. The highest BCUT2D eigenvalue weighted by molar-refractivity contribution is 5.44.